The van der Waals surface area contributed by atoms with Crippen molar-refractivity contribution in [1.82, 2.24) is 9.97 Å². The number of hydrogen-bond acceptors (Lipinski definition) is 3. The Labute approximate surface area is 65.5 Å². The molecule has 0 saturated carbocycles. The van der Waals surface area contributed by atoms with E-state index in [0.717, 1.165) is 12.4 Å². The summed E-state index contributed by atoms with van der Waals surface area (Å²) in [5, 5.41) is 0. The van der Waals surface area contributed by atoms with E-state index >= 15 is 0 Å². The first-order chi connectivity index (χ1) is 5.33. The van der Waals surface area contributed by atoms with Crippen molar-refractivity contribution in [3.05, 3.63) is 24.0 Å². The lowest BCUT2D eigenvalue weighted by molar-refractivity contribution is 0.608. The van der Waals surface area contributed by atoms with Gasteiger partial charge in [0.1, 0.15) is 5.82 Å². The largest absolute Gasteiger partial charge is 0.324 e. The van der Waals surface area contributed by atoms with Crippen molar-refractivity contribution in [2.24, 2.45) is 5.73 Å². The van der Waals surface area contributed by atoms with E-state index in [1.807, 2.05) is 13.8 Å². The summed E-state index contributed by atoms with van der Waals surface area (Å²) in [6.45, 7) is 4.25. The van der Waals surface area contributed by atoms with Crippen LogP contribution in [0.4, 0.5) is 4.39 Å². The fourth-order valence-corrected chi connectivity index (χ4v) is 0.444. The van der Waals surface area contributed by atoms with Crippen LogP contribution in [-0.4, -0.2) is 9.97 Å². The van der Waals surface area contributed by atoms with Crippen LogP contribution in [0.15, 0.2) is 12.4 Å². The number of hydrogen-bond donors (Lipinski definition) is 1. The van der Waals surface area contributed by atoms with Gasteiger partial charge in [0.2, 0.25) is 0 Å². The summed E-state index contributed by atoms with van der Waals surface area (Å²) in [5.74, 6) is 0.0172. The molecule has 1 heterocycles. The van der Waals surface area contributed by atoms with Gasteiger partial charge in [-0.15, -0.1) is 0 Å². The summed E-state index contributed by atoms with van der Waals surface area (Å²) >= 11 is 0. The summed E-state index contributed by atoms with van der Waals surface area (Å²) in [6.07, 6.45) is 2.18. The second-order valence-corrected chi connectivity index (χ2v) is 1.52. The fraction of sp³-hybridized carbons (Fsp3) is 0.429. The molecule has 0 aliphatic carbocycles. The summed E-state index contributed by atoms with van der Waals surface area (Å²) in [4.78, 5) is 7.17. The van der Waals surface area contributed by atoms with Crippen molar-refractivity contribution in [3.8, 4) is 0 Å². The van der Waals surface area contributed by atoms with Gasteiger partial charge in [-0.05, 0) is 0 Å². The Bertz CT molecular complexity index is 185. The van der Waals surface area contributed by atoms with Gasteiger partial charge in [-0.3, -0.25) is 0 Å². The molecule has 0 aliphatic rings. The molecule has 0 aliphatic heterocycles. The number of rotatable bonds is 1. The van der Waals surface area contributed by atoms with E-state index in [0.29, 0.717) is 5.82 Å². The molecule has 0 spiro atoms. The lowest BCUT2D eigenvalue weighted by Gasteiger charge is -1.90. The number of nitrogens with zero attached hydrogens (tertiary/aromatic N) is 2. The van der Waals surface area contributed by atoms with Crippen LogP contribution < -0.4 is 5.73 Å². The van der Waals surface area contributed by atoms with Gasteiger partial charge < -0.3 is 5.73 Å². The molecule has 0 unspecified atom stereocenters. The molecule has 0 radical (unpaired) electrons. The van der Waals surface area contributed by atoms with Crippen LogP contribution in [0.2, 0.25) is 0 Å². The van der Waals surface area contributed by atoms with Gasteiger partial charge in [0, 0.05) is 0 Å². The highest BCUT2D eigenvalue weighted by Gasteiger charge is 1.90. The Balaban J connectivity index is 0.000000461. The zero-order chi connectivity index (χ0) is 8.69. The van der Waals surface area contributed by atoms with Gasteiger partial charge in [0.05, 0.1) is 18.9 Å². The minimum atomic E-state index is -0.438. The lowest BCUT2D eigenvalue weighted by Crippen LogP contribution is -2.02. The predicted octanol–water partition coefficient (Wildman–Crippen LogP) is 1.10. The summed E-state index contributed by atoms with van der Waals surface area (Å²) < 4.78 is 12.1. The first-order valence-electron chi connectivity index (χ1n) is 3.49. The van der Waals surface area contributed by atoms with Gasteiger partial charge in [-0.1, -0.05) is 13.8 Å². The Kier molecular flexibility index (Phi) is 5.20. The topological polar surface area (TPSA) is 51.8 Å². The normalized spacial score (nSPS) is 8.36. The molecule has 1 aromatic rings. The Morgan fingerprint density at radius 3 is 2.18 bits per heavy atom. The summed E-state index contributed by atoms with van der Waals surface area (Å²) in [6, 6.07) is 0. The zero-order valence-electron chi connectivity index (χ0n) is 6.71. The maximum absolute atomic E-state index is 12.1. The number of nitrogens with two attached hydrogens (primary N) is 1. The Hall–Kier alpha value is -1.03. The first-order valence-corrected chi connectivity index (χ1v) is 3.49. The van der Waals surface area contributed by atoms with E-state index in [2.05, 4.69) is 9.97 Å². The Morgan fingerprint density at radius 1 is 1.36 bits per heavy atom. The fourth-order valence-electron chi connectivity index (χ4n) is 0.444. The van der Waals surface area contributed by atoms with Crippen LogP contribution in [0.5, 0.6) is 0 Å². The first kappa shape index (κ1) is 9.97. The molecule has 0 aromatic carbocycles. The van der Waals surface area contributed by atoms with Gasteiger partial charge in [0.15, 0.2) is 5.82 Å². The lowest BCUT2D eigenvalue weighted by atomic mass is 10.5. The van der Waals surface area contributed by atoms with E-state index < -0.39 is 5.82 Å². The molecular formula is C7H12FN3. The average molecular weight is 157 g/mol. The monoisotopic (exact) mass is 157 g/mol. The highest BCUT2D eigenvalue weighted by atomic mass is 19.1. The van der Waals surface area contributed by atoms with Crippen LogP contribution >= 0.6 is 0 Å². The third kappa shape index (κ3) is 3.62. The third-order valence-corrected chi connectivity index (χ3v) is 0.856. The molecule has 0 atom stereocenters. The smallest absolute Gasteiger partial charge is 0.159 e. The standard InChI is InChI=1S/C5H6FN3.C2H6/c6-4-2-8-5(1-7)9-3-4;1-2/h2-3H,1,7H2;1-2H3. The van der Waals surface area contributed by atoms with Crippen molar-refractivity contribution in [3.63, 3.8) is 0 Å². The highest BCUT2D eigenvalue weighted by molar-refractivity contribution is 4.89. The minimum Gasteiger partial charge on any atom is -0.324 e. The summed E-state index contributed by atoms with van der Waals surface area (Å²) in [5.41, 5.74) is 5.15. The molecule has 3 nitrogen and oxygen atoms in total. The average Bonchev–Trinajstić information content (AvgIpc) is 2.10. The van der Waals surface area contributed by atoms with E-state index in [1.165, 1.54) is 0 Å². The second-order valence-electron chi connectivity index (χ2n) is 1.52. The maximum atomic E-state index is 12.1. The molecule has 62 valence electrons. The van der Waals surface area contributed by atoms with Gasteiger partial charge in [-0.25, -0.2) is 14.4 Å². The molecule has 0 bridgehead atoms. The highest BCUT2D eigenvalue weighted by Crippen LogP contribution is 1.90. The molecule has 2 N–H and O–H groups in total. The number of aromatic nitrogens is 2. The van der Waals surface area contributed by atoms with E-state index in [4.69, 9.17) is 5.73 Å². The molecule has 0 saturated heterocycles. The van der Waals surface area contributed by atoms with Crippen molar-refractivity contribution in [2.45, 2.75) is 20.4 Å². The van der Waals surface area contributed by atoms with E-state index in [1.54, 1.807) is 0 Å². The van der Waals surface area contributed by atoms with Crippen molar-refractivity contribution >= 4 is 0 Å². The van der Waals surface area contributed by atoms with E-state index in [-0.39, 0.29) is 6.54 Å². The van der Waals surface area contributed by atoms with Gasteiger partial charge in [0.25, 0.3) is 0 Å². The molecule has 4 heteroatoms. The van der Waals surface area contributed by atoms with Crippen LogP contribution in [0.1, 0.15) is 19.7 Å². The molecule has 11 heavy (non-hydrogen) atoms. The molecule has 1 aromatic heterocycles. The SMILES string of the molecule is CC.NCc1ncc(F)cn1. The predicted molar refractivity (Wildman–Crippen MR) is 41.2 cm³/mol. The third-order valence-electron chi connectivity index (χ3n) is 0.856. The van der Waals surface area contributed by atoms with Gasteiger partial charge in [-0.2, -0.15) is 0 Å². The Morgan fingerprint density at radius 2 is 1.82 bits per heavy atom. The van der Waals surface area contributed by atoms with Crippen LogP contribution in [0.25, 0.3) is 0 Å². The minimum absolute atomic E-state index is 0.250. The second kappa shape index (κ2) is 5.73. The molecule has 0 fully saturated rings. The quantitative estimate of drug-likeness (QED) is 0.664. The zero-order valence-corrected chi connectivity index (χ0v) is 6.71. The van der Waals surface area contributed by atoms with Crippen LogP contribution in [-0.2, 0) is 6.54 Å². The molecular weight excluding hydrogens is 145 g/mol. The summed E-state index contributed by atoms with van der Waals surface area (Å²) in [7, 11) is 0. The molecule has 0 amide bonds. The van der Waals surface area contributed by atoms with Crippen LogP contribution in [0, 0.1) is 5.82 Å². The number of halogens is 1. The van der Waals surface area contributed by atoms with E-state index in [9.17, 15) is 4.39 Å². The van der Waals surface area contributed by atoms with Crippen LogP contribution in [0.3, 0.4) is 0 Å². The molecule has 1 rings (SSSR count). The van der Waals surface area contributed by atoms with Crippen molar-refractivity contribution < 1.29 is 4.39 Å². The maximum Gasteiger partial charge on any atom is 0.159 e. The van der Waals surface area contributed by atoms with Crippen molar-refractivity contribution in [1.29, 1.82) is 0 Å². The van der Waals surface area contributed by atoms with Gasteiger partial charge >= 0.3 is 0 Å². The van der Waals surface area contributed by atoms with Crippen molar-refractivity contribution in [2.75, 3.05) is 0 Å².